The fourth-order valence-corrected chi connectivity index (χ4v) is 26.8. The summed E-state index contributed by atoms with van der Waals surface area (Å²) in [6, 6.07) is 19.8. The molecule has 6 saturated carbocycles. The van der Waals surface area contributed by atoms with Gasteiger partial charge in [-0.2, -0.15) is 52.7 Å². The van der Waals surface area contributed by atoms with Gasteiger partial charge in [0.15, 0.2) is 33.3 Å². The lowest BCUT2D eigenvalue weighted by molar-refractivity contribution is -0.343. The van der Waals surface area contributed by atoms with Crippen molar-refractivity contribution in [3.8, 4) is 23.7 Å². The lowest BCUT2D eigenvalue weighted by atomic mass is 9.55. The topological polar surface area (TPSA) is 152 Å². The summed E-state index contributed by atoms with van der Waals surface area (Å²) in [5.41, 5.74) is -14.7. The van der Waals surface area contributed by atoms with Gasteiger partial charge in [-0.05, 0) is 273 Å². The number of alkyl halides is 12. The number of hydrogen-bond donors (Lipinski definition) is 4. The number of allylic oxidation sites excluding steroid dienone is 4. The number of aliphatic hydroxyl groups is 4. The van der Waals surface area contributed by atoms with E-state index in [0.29, 0.717) is 87.9 Å². The number of fused-ring (bicyclic) bond motifs is 2. The number of rotatable bonds is 25. The second-order valence-corrected chi connectivity index (χ2v) is 63.0. The second-order valence-electron chi connectivity index (χ2n) is 41.7. The molecule has 6 fully saturated rings. The van der Waals surface area contributed by atoms with Crippen molar-refractivity contribution in [2.24, 2.45) is 45.3 Å². The molecule has 696 valence electrons. The summed E-state index contributed by atoms with van der Waals surface area (Å²) in [5.74, 6) is 5.62. The van der Waals surface area contributed by atoms with Crippen molar-refractivity contribution in [3.05, 3.63) is 120 Å². The Morgan fingerprint density at radius 1 is 0.561 bits per heavy atom. The molecule has 0 aliphatic heterocycles. The third-order valence-electron chi connectivity index (χ3n) is 27.6. The highest BCUT2D eigenvalue weighted by Crippen LogP contribution is 2.65. The fraction of sp³-hybridized carbons (Fsp3) is 0.719. The highest BCUT2D eigenvalue weighted by atomic mass is 31.2. The Hall–Kier alpha value is -4.13. The lowest BCUT2D eigenvalue weighted by Crippen LogP contribution is -2.61. The van der Waals surface area contributed by atoms with Crippen molar-refractivity contribution in [1.29, 1.82) is 0 Å². The predicted octanol–water partition coefficient (Wildman–Crippen LogP) is 26.1. The van der Waals surface area contributed by atoms with Crippen molar-refractivity contribution >= 4 is 56.8 Å². The highest BCUT2D eigenvalue weighted by Gasteiger charge is 2.74. The van der Waals surface area contributed by atoms with Crippen molar-refractivity contribution in [2.45, 2.75) is 385 Å². The Kier molecular flexibility index (Phi) is 28.7. The van der Waals surface area contributed by atoms with Crippen molar-refractivity contribution in [2.75, 3.05) is 6.16 Å². The third kappa shape index (κ3) is 26.8. The van der Waals surface area contributed by atoms with Crippen LogP contribution in [-0.2, 0) is 27.1 Å². The molecular weight excluding hydrogens is 1680 g/mol. The molecule has 0 saturated heterocycles. The van der Waals surface area contributed by atoms with Crippen LogP contribution in [0.4, 0.5) is 52.7 Å². The van der Waals surface area contributed by atoms with Crippen molar-refractivity contribution in [3.63, 3.8) is 0 Å². The second kappa shape index (κ2) is 39.5. The lowest BCUT2D eigenvalue weighted by Gasteiger charge is -2.49. The molecule has 6 aliphatic carbocycles. The zero-order valence-electron chi connectivity index (χ0n) is 88.0. The first-order chi connectivity index (χ1) is 60.6. The minimum atomic E-state index is -6.15. The third-order valence-corrected chi connectivity index (χ3v) is 41.5. The van der Waals surface area contributed by atoms with E-state index in [9.17, 15) is 82.5 Å². The quantitative estimate of drug-likeness (QED) is 0.0327. The van der Waals surface area contributed by atoms with Gasteiger partial charge >= 0.3 is 35.9 Å². The highest BCUT2D eigenvalue weighted by molar-refractivity contribution is 7.78. The normalized spacial score (nSPS) is 28.6. The van der Waals surface area contributed by atoms with Gasteiger partial charge in [0.25, 0.3) is 0 Å². The van der Waals surface area contributed by atoms with Crippen LogP contribution in [-0.4, -0.2) is 137 Å². The van der Waals surface area contributed by atoms with E-state index >= 15 is 0 Å². The first kappa shape index (κ1) is 89.5. The summed E-state index contributed by atoms with van der Waals surface area (Å²) in [7, 11) is -13.2. The van der Waals surface area contributed by atoms with E-state index in [0.717, 1.165) is 46.1 Å². The maximum absolute atomic E-state index is 14.7. The number of hydrogen-bond acceptors (Lipinski definition) is 10. The number of aliphatic hydroxyl groups excluding tert-OH is 2. The van der Waals surface area contributed by atoms with E-state index in [2.05, 4.69) is 92.9 Å². The Labute approximate surface area is 750 Å². The Morgan fingerprint density at radius 3 is 1.49 bits per heavy atom. The Balaban J connectivity index is 0.000000313. The molecule has 27 heteroatoms. The monoisotopic (exact) mass is 1840 g/mol. The number of halogens is 12. The molecule has 123 heavy (non-hydrogen) atoms. The van der Waals surface area contributed by atoms with Gasteiger partial charge < -0.3 is 42.7 Å². The van der Waals surface area contributed by atoms with Gasteiger partial charge in [0, 0.05) is 71.2 Å². The number of benzene rings is 2. The van der Waals surface area contributed by atoms with Crippen LogP contribution in [0.15, 0.2) is 120 Å². The van der Waals surface area contributed by atoms with Crippen LogP contribution in [0.5, 0.6) is 0 Å². The molecule has 8 rings (SSSR count). The van der Waals surface area contributed by atoms with Crippen LogP contribution in [0.25, 0.3) is 0 Å². The van der Waals surface area contributed by atoms with Crippen LogP contribution < -0.4 is 10.6 Å². The predicted molar refractivity (Wildman–Crippen MR) is 483 cm³/mol. The van der Waals surface area contributed by atoms with Gasteiger partial charge in [-0.15, -0.1) is 0 Å². The van der Waals surface area contributed by atoms with Gasteiger partial charge in [0.2, 0.25) is 0 Å². The Morgan fingerprint density at radius 2 is 1.02 bits per heavy atom. The van der Waals surface area contributed by atoms with Crippen molar-refractivity contribution in [1.82, 2.24) is 0 Å². The molecule has 0 amide bonds. The minimum Gasteiger partial charge on any atom is -0.413 e. The smallest absolute Gasteiger partial charge is 0.413 e. The van der Waals surface area contributed by atoms with E-state index in [1.165, 1.54) is 25.6 Å². The zero-order valence-corrected chi connectivity index (χ0v) is 80.9. The molecule has 12 atom stereocenters. The largest absolute Gasteiger partial charge is 0.438 e. The molecule has 0 bridgehead atoms. The molecule has 0 aromatic heterocycles. The number of ketones is 1. The summed E-state index contributed by atoms with van der Waals surface area (Å²) < 4.78 is 301. The molecule has 2 aromatic rings. The standard InChI is InChI=1S/C33H46F6O4.C33H51O3PSi2.C30H50F6O3Si2/c1-21-23(19-24(40)20-26(21)41)11-10-22-9-6-17-30(5)25(22)12-13-27(30)29(4,15-7-14-28(2,3)42)16-8-18-31(43,32(34,35)36)33(37,38)39;1-26-27(22-23-37(34,29-18-14-12-15-19-29)30-20-16-13-17-21-30)24-28(35-38(8,9)32(2,3)4)25-31(26)36-39(10,11)33(5,6)7;1-25(2,38-40(5,6)7)17-12-18-26(3,24-16-15-22-23(37)14-11-20-27(22,24)4)19-13-21-28(29(31,32)33,30(34,35)36)39-41(8,9)10/h10-11,24-27,40-43H,1,6-7,9,12-17,19-20H2,2-5H3;12-22,28,31H,1,23-25H2,2-11H3;22,24H,11-12,14-20H2,1-10H3/b22-10+,23-11-;27-22-;/t24-,25?,26+,27-,29?,30+;28-,31+;22?,24-,26?,27+/m111/s1/i2D3,3D3;;1D3,2D3. The summed E-state index contributed by atoms with van der Waals surface area (Å²) in [4.78, 5) is 12.9. The summed E-state index contributed by atoms with van der Waals surface area (Å²) >= 11 is 0. The van der Waals surface area contributed by atoms with Gasteiger partial charge in [0.1, 0.15) is 12.9 Å². The molecule has 2 aromatic carbocycles. The van der Waals surface area contributed by atoms with E-state index in [-0.39, 0.29) is 83.8 Å². The van der Waals surface area contributed by atoms with E-state index in [1.54, 1.807) is 33.5 Å². The van der Waals surface area contributed by atoms with E-state index in [1.807, 2.05) is 92.6 Å². The van der Waals surface area contributed by atoms with Gasteiger partial charge in [-0.3, -0.25) is 4.79 Å². The van der Waals surface area contributed by atoms with E-state index < -0.39 is 174 Å². The molecule has 10 nitrogen and oxygen atoms in total. The fourth-order valence-electron chi connectivity index (χ4n) is 19.2. The van der Waals surface area contributed by atoms with Gasteiger partial charge in [-0.25, -0.2) is 0 Å². The van der Waals surface area contributed by atoms with Crippen LogP contribution in [0.3, 0.4) is 0 Å². The molecule has 0 spiro atoms. The molecule has 0 radical (unpaired) electrons. The molecule has 0 heterocycles. The maximum Gasteiger partial charge on any atom is 0.438 e. The minimum absolute atomic E-state index is 0.0335. The molecule has 6 aliphatic rings. The average Bonchev–Trinajstić information content (AvgIpc) is 1.61. The SMILES string of the molecule is C=C1/C(=C\CP(=O)(c2ccccc2)c2ccccc2)C[C@@H](O[Si](C)(C)C(C)(C)C)C[C@@H]1O[Si](C)(C)C(C)(C)C.[2H]C([2H])([2H])C(CCCC(C)(CC#CC(O[Si](C)(C)C)(C(F)(F)F)C(F)(F)F)[C@H]1CCC2C(=O)CCC[C@@]21C)(O[Si](C)(C)C)C([2H])([2H])[2H].[2H]C([2H])([2H])C(O)(CCCC(C)(CC#CC(O)(C(F)(F)F)C(F)(F)F)[C@H]1CCC2/C(=C/C=C3/C[C@@H](O)C[C@H](O)C3=C)CCC[C@@]21C)C([2H])([2H])[2H]. The summed E-state index contributed by atoms with van der Waals surface area (Å²) in [6.45, 7) is 34.5. The van der Waals surface area contributed by atoms with Crippen LogP contribution in [0.2, 0.25) is 75.5 Å². The molecule has 4 unspecified atom stereocenters. The number of carbonyl (C=O) groups is 1. The van der Waals surface area contributed by atoms with Crippen LogP contribution in [0.1, 0.15) is 254 Å². The van der Waals surface area contributed by atoms with Gasteiger partial charge in [-0.1, -0.05) is 192 Å². The van der Waals surface area contributed by atoms with Crippen LogP contribution in [0, 0.1) is 69.0 Å². The zero-order chi connectivity index (χ0) is 104. The van der Waals surface area contributed by atoms with E-state index in [4.69, 9.17) is 34.2 Å². The van der Waals surface area contributed by atoms with Crippen molar-refractivity contribution < 1.29 is 117 Å². The average molecular weight is 1840 g/mol. The summed E-state index contributed by atoms with van der Waals surface area (Å²) in [6.07, 6.45) is -14.1. The van der Waals surface area contributed by atoms with Gasteiger partial charge in [0.05, 0.1) is 35.6 Å². The molecule has 4 N–H and O–H groups in total. The van der Waals surface area contributed by atoms with Crippen LogP contribution >= 0.6 is 7.14 Å². The maximum atomic E-state index is 14.7. The Bertz CT molecular complexity index is 4600. The number of carbonyl (C=O) groups excluding carboxylic acids is 1. The first-order valence-corrected chi connectivity index (χ1v) is 57.7. The number of Topliss-reactive ketones (excluding diaryl/α,β-unsaturated/α-hetero) is 1. The summed E-state index contributed by atoms with van der Waals surface area (Å²) in [5, 5.41) is 42.9. The molecular formula is C96H147F12O10PSi4. The first-order valence-electron chi connectivity index (χ1n) is 49.1.